The SMILES string of the molecule is Cn1cccc1C=C1SC(=O)N(CCC(=O)N2CCCCC2C(=O)O)C1=O. The minimum Gasteiger partial charge on any atom is -0.480 e. The lowest BCUT2D eigenvalue weighted by Crippen LogP contribution is -2.48. The molecule has 9 heteroatoms. The lowest BCUT2D eigenvalue weighted by atomic mass is 10.0. The standard InChI is InChI=1S/C18H21N3O5S/c1-19-8-4-5-12(19)11-14-16(23)21(18(26)27-14)10-7-15(22)20-9-3-2-6-13(20)17(24)25/h4-5,8,11,13H,2-3,6-7,9-10H2,1H3,(H,24,25). The summed E-state index contributed by atoms with van der Waals surface area (Å²) in [7, 11) is 1.84. The molecule has 1 N–H and O–H groups in total. The van der Waals surface area contributed by atoms with Crippen LogP contribution in [0.3, 0.4) is 0 Å². The highest BCUT2D eigenvalue weighted by Gasteiger charge is 2.37. The molecule has 2 aliphatic heterocycles. The van der Waals surface area contributed by atoms with E-state index in [1.807, 2.05) is 29.9 Å². The molecule has 3 heterocycles. The number of aliphatic carboxylic acids is 1. The van der Waals surface area contributed by atoms with Gasteiger partial charge < -0.3 is 14.6 Å². The molecule has 2 aliphatic rings. The van der Waals surface area contributed by atoms with Gasteiger partial charge in [-0.05, 0) is 49.2 Å². The maximum atomic E-state index is 12.5. The van der Waals surface area contributed by atoms with Gasteiger partial charge in [0.15, 0.2) is 0 Å². The number of carboxylic acid groups (broad SMARTS) is 1. The van der Waals surface area contributed by atoms with Gasteiger partial charge in [-0.25, -0.2) is 4.79 Å². The van der Waals surface area contributed by atoms with Gasteiger partial charge in [-0.15, -0.1) is 0 Å². The molecule has 0 radical (unpaired) electrons. The maximum absolute atomic E-state index is 12.5. The van der Waals surface area contributed by atoms with Crippen molar-refractivity contribution in [3.05, 3.63) is 28.9 Å². The zero-order chi connectivity index (χ0) is 19.6. The topological polar surface area (TPSA) is 99.9 Å². The second kappa shape index (κ2) is 7.99. The number of amides is 3. The summed E-state index contributed by atoms with van der Waals surface area (Å²) in [5, 5.41) is 8.86. The average Bonchev–Trinajstić information content (AvgIpc) is 3.16. The van der Waals surface area contributed by atoms with E-state index in [4.69, 9.17) is 0 Å². The van der Waals surface area contributed by atoms with E-state index >= 15 is 0 Å². The van der Waals surface area contributed by atoms with E-state index < -0.39 is 23.2 Å². The summed E-state index contributed by atoms with van der Waals surface area (Å²) in [6, 6.07) is 2.85. The normalized spacial score (nSPS) is 22.0. The highest BCUT2D eigenvalue weighted by Crippen LogP contribution is 2.32. The summed E-state index contributed by atoms with van der Waals surface area (Å²) >= 11 is 0.848. The van der Waals surface area contributed by atoms with Crippen molar-refractivity contribution in [2.24, 2.45) is 7.05 Å². The number of nitrogens with zero attached hydrogens (tertiary/aromatic N) is 3. The first kappa shape index (κ1) is 19.2. The summed E-state index contributed by atoms with van der Waals surface area (Å²) in [4.78, 5) is 51.2. The van der Waals surface area contributed by atoms with Crippen LogP contribution >= 0.6 is 11.8 Å². The second-order valence-electron chi connectivity index (χ2n) is 6.56. The number of carbonyl (C=O) groups is 4. The molecule has 8 nitrogen and oxygen atoms in total. The summed E-state index contributed by atoms with van der Waals surface area (Å²) in [5.41, 5.74) is 0.800. The molecule has 0 bridgehead atoms. The lowest BCUT2D eigenvalue weighted by Gasteiger charge is -2.33. The van der Waals surface area contributed by atoms with E-state index in [1.54, 1.807) is 6.08 Å². The molecule has 2 saturated heterocycles. The number of carboxylic acids is 1. The van der Waals surface area contributed by atoms with Crippen LogP contribution in [0.2, 0.25) is 0 Å². The van der Waals surface area contributed by atoms with Crippen molar-refractivity contribution in [1.82, 2.24) is 14.4 Å². The fourth-order valence-electron chi connectivity index (χ4n) is 3.29. The first-order chi connectivity index (χ1) is 12.9. The van der Waals surface area contributed by atoms with E-state index in [2.05, 4.69) is 0 Å². The Labute approximate surface area is 160 Å². The summed E-state index contributed by atoms with van der Waals surface area (Å²) in [6.07, 6.45) is 5.38. The van der Waals surface area contributed by atoms with Crippen molar-refractivity contribution < 1.29 is 24.3 Å². The van der Waals surface area contributed by atoms with Gasteiger partial charge in [0.2, 0.25) is 5.91 Å². The van der Waals surface area contributed by atoms with Crippen molar-refractivity contribution in [3.8, 4) is 0 Å². The largest absolute Gasteiger partial charge is 0.480 e. The molecule has 1 atom stereocenters. The number of rotatable bonds is 5. The molecular formula is C18H21N3O5S. The number of likely N-dealkylation sites (tertiary alicyclic amines) is 1. The van der Waals surface area contributed by atoms with Gasteiger partial charge in [-0.2, -0.15) is 0 Å². The Balaban J connectivity index is 1.64. The van der Waals surface area contributed by atoms with E-state index in [9.17, 15) is 24.3 Å². The zero-order valence-corrected chi connectivity index (χ0v) is 15.8. The molecule has 0 saturated carbocycles. The van der Waals surface area contributed by atoms with Crippen LogP contribution in [0.25, 0.3) is 6.08 Å². The number of piperidine rings is 1. The van der Waals surface area contributed by atoms with Crippen molar-refractivity contribution in [2.45, 2.75) is 31.7 Å². The Hall–Kier alpha value is -2.55. The number of carbonyl (C=O) groups excluding carboxylic acids is 3. The van der Waals surface area contributed by atoms with E-state index in [1.165, 1.54) is 4.90 Å². The van der Waals surface area contributed by atoms with Crippen molar-refractivity contribution in [2.75, 3.05) is 13.1 Å². The number of imide groups is 1. The van der Waals surface area contributed by atoms with Gasteiger partial charge in [0.25, 0.3) is 11.1 Å². The predicted octanol–water partition coefficient (Wildman–Crippen LogP) is 1.92. The first-order valence-electron chi connectivity index (χ1n) is 8.77. The maximum Gasteiger partial charge on any atom is 0.326 e. The summed E-state index contributed by atoms with van der Waals surface area (Å²) in [5.74, 6) is -1.78. The van der Waals surface area contributed by atoms with Crippen LogP contribution in [0.1, 0.15) is 31.4 Å². The van der Waals surface area contributed by atoms with Crippen molar-refractivity contribution in [3.63, 3.8) is 0 Å². The molecule has 3 rings (SSSR count). The Morgan fingerprint density at radius 3 is 2.78 bits per heavy atom. The first-order valence-corrected chi connectivity index (χ1v) is 9.59. The van der Waals surface area contributed by atoms with Crippen molar-refractivity contribution >= 4 is 40.9 Å². The highest BCUT2D eigenvalue weighted by molar-refractivity contribution is 8.18. The molecule has 0 aliphatic carbocycles. The van der Waals surface area contributed by atoms with E-state index in [-0.39, 0.29) is 18.9 Å². The quantitative estimate of drug-likeness (QED) is 0.770. The molecule has 27 heavy (non-hydrogen) atoms. The Bertz CT molecular complexity index is 816. The second-order valence-corrected chi connectivity index (χ2v) is 7.56. The van der Waals surface area contributed by atoms with Crippen LogP contribution in [0.5, 0.6) is 0 Å². The molecule has 3 amide bonds. The molecule has 0 aromatic carbocycles. The third-order valence-electron chi connectivity index (χ3n) is 4.79. The van der Waals surface area contributed by atoms with Gasteiger partial charge in [0, 0.05) is 38.4 Å². The van der Waals surface area contributed by atoms with Crippen molar-refractivity contribution in [1.29, 1.82) is 0 Å². The third-order valence-corrected chi connectivity index (χ3v) is 5.70. The Kier molecular flexibility index (Phi) is 5.69. The summed E-state index contributed by atoms with van der Waals surface area (Å²) in [6.45, 7) is 0.349. The third kappa shape index (κ3) is 4.08. The molecule has 1 aromatic heterocycles. The monoisotopic (exact) mass is 391 g/mol. The van der Waals surface area contributed by atoms with Crippen LogP contribution < -0.4 is 0 Å². The van der Waals surface area contributed by atoms with E-state index in [0.717, 1.165) is 35.2 Å². The van der Waals surface area contributed by atoms with Gasteiger partial charge in [0.1, 0.15) is 6.04 Å². The molecule has 1 aromatic rings. The van der Waals surface area contributed by atoms with Gasteiger partial charge in [-0.1, -0.05) is 0 Å². The molecule has 2 fully saturated rings. The molecular weight excluding hydrogens is 370 g/mol. The summed E-state index contributed by atoms with van der Waals surface area (Å²) < 4.78 is 1.83. The molecule has 144 valence electrons. The smallest absolute Gasteiger partial charge is 0.326 e. The minimum atomic E-state index is -1.01. The van der Waals surface area contributed by atoms with Gasteiger partial charge in [-0.3, -0.25) is 19.3 Å². The fourth-order valence-corrected chi connectivity index (χ4v) is 4.14. The number of hydrogen-bond donors (Lipinski definition) is 1. The van der Waals surface area contributed by atoms with Crippen LogP contribution in [0.4, 0.5) is 4.79 Å². The van der Waals surface area contributed by atoms with Crippen LogP contribution in [0.15, 0.2) is 23.2 Å². The number of hydrogen-bond acceptors (Lipinski definition) is 5. The Morgan fingerprint density at radius 1 is 1.33 bits per heavy atom. The predicted molar refractivity (Wildman–Crippen MR) is 99.7 cm³/mol. The van der Waals surface area contributed by atoms with Gasteiger partial charge >= 0.3 is 5.97 Å². The van der Waals surface area contributed by atoms with E-state index in [0.29, 0.717) is 17.9 Å². The van der Waals surface area contributed by atoms with Crippen LogP contribution in [-0.4, -0.2) is 61.6 Å². The number of thioether (sulfide) groups is 1. The minimum absolute atomic E-state index is 0.0448. The molecule has 0 spiro atoms. The lowest BCUT2D eigenvalue weighted by molar-refractivity contribution is -0.152. The van der Waals surface area contributed by atoms with Crippen LogP contribution in [-0.2, 0) is 21.4 Å². The Morgan fingerprint density at radius 2 is 2.11 bits per heavy atom. The highest BCUT2D eigenvalue weighted by atomic mass is 32.2. The average molecular weight is 391 g/mol. The van der Waals surface area contributed by atoms with Gasteiger partial charge in [0.05, 0.1) is 4.91 Å². The zero-order valence-electron chi connectivity index (χ0n) is 15.0. The molecule has 1 unspecified atom stereocenters. The van der Waals surface area contributed by atoms with Crippen LogP contribution in [0, 0.1) is 0 Å². The fraction of sp³-hybridized carbons (Fsp3) is 0.444. The number of aryl methyl sites for hydroxylation is 1. The number of aromatic nitrogens is 1.